The van der Waals surface area contributed by atoms with Crippen LogP contribution in [0.4, 0.5) is 0 Å². The summed E-state index contributed by atoms with van der Waals surface area (Å²) in [5, 5.41) is 2.90. The molecular formula is C40H48HfNSi-2. The third kappa shape index (κ3) is 14.2. The summed E-state index contributed by atoms with van der Waals surface area (Å²) in [4.78, 5) is 0. The molecule has 2 aliphatic rings. The zero-order valence-electron chi connectivity index (χ0n) is 26.5. The molecule has 0 aromatic heterocycles. The van der Waals surface area contributed by atoms with Gasteiger partial charge in [-0.15, -0.1) is 13.0 Å². The maximum atomic E-state index is 7.41. The molecule has 1 unspecified atom stereocenters. The Morgan fingerprint density at radius 2 is 0.953 bits per heavy atom. The van der Waals surface area contributed by atoms with Crippen molar-refractivity contribution in [2.45, 2.75) is 72.3 Å². The van der Waals surface area contributed by atoms with Crippen LogP contribution in [0, 0.1) is 12.0 Å². The molecule has 1 atom stereocenters. The van der Waals surface area contributed by atoms with E-state index in [-0.39, 0.29) is 41.4 Å². The van der Waals surface area contributed by atoms with Crippen LogP contribution in [0.2, 0.25) is 0 Å². The van der Waals surface area contributed by atoms with E-state index in [2.05, 4.69) is 143 Å². The predicted molar refractivity (Wildman–Crippen MR) is 187 cm³/mol. The van der Waals surface area contributed by atoms with Crippen molar-refractivity contribution in [2.24, 2.45) is 5.92 Å². The van der Waals surface area contributed by atoms with E-state index in [1.165, 1.54) is 63.9 Å². The van der Waals surface area contributed by atoms with E-state index in [0.717, 1.165) is 12.8 Å². The van der Waals surface area contributed by atoms with Crippen molar-refractivity contribution in [1.29, 1.82) is 0 Å². The molecule has 223 valence electrons. The summed E-state index contributed by atoms with van der Waals surface area (Å²) in [6.07, 6.45) is 11.0. The molecule has 0 aliphatic heterocycles. The average molecular weight is 749 g/mol. The first-order valence-corrected chi connectivity index (χ1v) is 16.6. The van der Waals surface area contributed by atoms with Crippen LogP contribution in [0.1, 0.15) is 66.2 Å². The summed E-state index contributed by atoms with van der Waals surface area (Å²) in [7, 11) is 0.271. The maximum Gasteiger partial charge on any atom is 0.103 e. The van der Waals surface area contributed by atoms with Gasteiger partial charge >= 0.3 is 0 Å². The Labute approximate surface area is 283 Å². The fourth-order valence-corrected chi connectivity index (χ4v) is 6.21. The molecule has 0 bridgehead atoms. The van der Waals surface area contributed by atoms with Gasteiger partial charge in [-0.2, -0.15) is 11.1 Å². The van der Waals surface area contributed by atoms with E-state index in [4.69, 9.17) is 5.73 Å². The van der Waals surface area contributed by atoms with E-state index in [9.17, 15) is 0 Å². The summed E-state index contributed by atoms with van der Waals surface area (Å²) < 4.78 is 0. The molecule has 1 radical (unpaired) electrons. The molecule has 6 rings (SSSR count). The van der Waals surface area contributed by atoms with Gasteiger partial charge in [-0.25, -0.2) is 5.57 Å². The van der Waals surface area contributed by atoms with Crippen LogP contribution in [0.5, 0.6) is 0 Å². The second-order valence-corrected chi connectivity index (χ2v) is 12.8. The van der Waals surface area contributed by atoms with Gasteiger partial charge in [0, 0.05) is 25.8 Å². The zero-order valence-corrected chi connectivity index (χ0v) is 31.3. The van der Waals surface area contributed by atoms with Crippen LogP contribution in [0.15, 0.2) is 138 Å². The molecule has 43 heavy (non-hydrogen) atoms. The van der Waals surface area contributed by atoms with Crippen LogP contribution in [0.25, 0.3) is 16.9 Å². The molecule has 1 fully saturated rings. The summed E-state index contributed by atoms with van der Waals surface area (Å²) in [5.74, 6) is 0.560. The smallest absolute Gasteiger partial charge is 0.103 e. The summed E-state index contributed by atoms with van der Waals surface area (Å²) in [6.45, 7) is 8.67. The Kier molecular flexibility index (Phi) is 18.0. The fraction of sp³-hybridized carbons (Fsp3) is 0.300. The van der Waals surface area contributed by atoms with Gasteiger partial charge in [0.05, 0.1) is 0 Å². The number of hydrogen-bond acceptors (Lipinski definition) is 0. The molecule has 0 spiro atoms. The molecule has 1 nitrogen and oxygen atoms in total. The van der Waals surface area contributed by atoms with Crippen LogP contribution >= 0.6 is 0 Å². The van der Waals surface area contributed by atoms with E-state index < -0.39 is 0 Å². The van der Waals surface area contributed by atoms with Crippen molar-refractivity contribution in [1.82, 2.24) is 0 Å². The summed E-state index contributed by atoms with van der Waals surface area (Å²) in [5.41, 5.74) is 14.2. The quantitative estimate of drug-likeness (QED) is 0.113. The van der Waals surface area contributed by atoms with E-state index in [1.54, 1.807) is 0 Å². The monoisotopic (exact) mass is 750 g/mol. The second-order valence-electron chi connectivity index (χ2n) is 11.2. The molecule has 0 heterocycles. The van der Waals surface area contributed by atoms with Crippen LogP contribution in [-0.2, 0) is 25.8 Å². The first-order valence-electron chi connectivity index (χ1n) is 15.5. The summed E-state index contributed by atoms with van der Waals surface area (Å²) in [6, 6.07) is 42.4. The Balaban J connectivity index is 0.000000202. The van der Waals surface area contributed by atoms with Crippen molar-refractivity contribution in [3.8, 4) is 11.1 Å². The summed E-state index contributed by atoms with van der Waals surface area (Å²) >= 11 is 0. The standard InChI is InChI=1S/C12H11Si.C12H10.C9H13.C7H14N.Hf/c1-3-7-11(8-4-1)13-12-9-5-2-6-10-12;1-3-7-11(8-4-1)12-9-5-2-6-10-12;1-6-5-7(2)9(4)8(6)3;8-7-5-3-1-2-4-6-7;/h1-10,13H;1-10H;6H,1-4H3;7-8H,1-6H2;/q;;2*-1;. The zero-order chi connectivity index (χ0) is 30.0. The van der Waals surface area contributed by atoms with Crippen LogP contribution in [0.3, 0.4) is 0 Å². The number of rotatable bonds is 3. The van der Waals surface area contributed by atoms with Gasteiger partial charge in [-0.3, -0.25) is 6.08 Å². The van der Waals surface area contributed by atoms with Gasteiger partial charge in [0.1, 0.15) is 9.52 Å². The normalized spacial score (nSPS) is 16.0. The largest absolute Gasteiger partial charge is 0.675 e. The van der Waals surface area contributed by atoms with Crippen molar-refractivity contribution < 1.29 is 25.8 Å². The molecular weight excluding hydrogens is 701 g/mol. The van der Waals surface area contributed by atoms with E-state index >= 15 is 0 Å². The first-order chi connectivity index (χ1) is 20.4. The van der Waals surface area contributed by atoms with E-state index in [0.29, 0.717) is 5.92 Å². The predicted octanol–water partition coefficient (Wildman–Crippen LogP) is 9.91. The van der Waals surface area contributed by atoms with Gasteiger partial charge in [0.15, 0.2) is 0 Å². The molecule has 1 saturated carbocycles. The van der Waals surface area contributed by atoms with Crippen molar-refractivity contribution >= 4 is 19.9 Å². The van der Waals surface area contributed by atoms with Crippen molar-refractivity contribution in [2.75, 3.05) is 0 Å². The molecule has 2 aliphatic carbocycles. The number of nitrogens with one attached hydrogen (secondary N) is 1. The number of hydrogen-bond donors (Lipinski definition) is 0. The van der Waals surface area contributed by atoms with Crippen LogP contribution < -0.4 is 10.4 Å². The van der Waals surface area contributed by atoms with Crippen molar-refractivity contribution in [3.05, 3.63) is 150 Å². The molecule has 0 amide bonds. The van der Waals surface area contributed by atoms with Gasteiger partial charge < -0.3 is 5.73 Å². The second kappa shape index (κ2) is 21.2. The molecule has 4 aromatic rings. The maximum absolute atomic E-state index is 7.41. The average Bonchev–Trinajstić information content (AvgIpc) is 3.19. The Morgan fingerprint density at radius 1 is 0.581 bits per heavy atom. The van der Waals surface area contributed by atoms with Crippen LogP contribution in [-0.4, -0.2) is 15.6 Å². The number of benzene rings is 4. The Morgan fingerprint density at radius 3 is 1.26 bits per heavy atom. The number of allylic oxidation sites excluding steroid dienone is 4. The molecule has 4 aromatic carbocycles. The minimum atomic E-state index is 0. The van der Waals surface area contributed by atoms with Gasteiger partial charge in [0.25, 0.3) is 0 Å². The minimum absolute atomic E-state index is 0. The SMILES string of the molecule is CC1=[C-]C(C)C(C)=C1C.[Hf].[NH-]C1CCCCCC1.c1ccc(-c2ccccc2)cc1.c1ccc([SiH]c2ccccc2)cc1. The van der Waals surface area contributed by atoms with Crippen molar-refractivity contribution in [3.63, 3.8) is 0 Å². The third-order valence-electron chi connectivity index (χ3n) is 7.91. The first kappa shape index (κ1) is 36.6. The third-order valence-corrected chi connectivity index (χ3v) is 9.34. The molecule has 3 heteroatoms. The Bertz CT molecular complexity index is 1250. The Hall–Kier alpha value is -2.59. The van der Waals surface area contributed by atoms with Gasteiger partial charge in [-0.1, -0.05) is 197 Å². The topological polar surface area (TPSA) is 23.8 Å². The molecule has 1 N–H and O–H groups in total. The van der Waals surface area contributed by atoms with Gasteiger partial charge in [0.2, 0.25) is 0 Å². The molecule has 0 saturated heterocycles. The minimum Gasteiger partial charge on any atom is -0.675 e. The van der Waals surface area contributed by atoms with E-state index in [1.807, 2.05) is 12.1 Å². The fourth-order valence-electron chi connectivity index (χ4n) is 4.99. The van der Waals surface area contributed by atoms with Gasteiger partial charge in [-0.05, 0) is 11.1 Å².